The van der Waals surface area contributed by atoms with E-state index in [2.05, 4.69) is 42.8 Å². The molecule has 0 radical (unpaired) electrons. The molecule has 2 aliphatic rings. The van der Waals surface area contributed by atoms with E-state index in [1.807, 2.05) is 6.07 Å². The summed E-state index contributed by atoms with van der Waals surface area (Å²) in [4.78, 5) is 8.86. The molecule has 198 valence electrons. The van der Waals surface area contributed by atoms with Crippen molar-refractivity contribution in [3.8, 4) is 0 Å². The largest absolute Gasteiger partial charge is 0.364 e. The summed E-state index contributed by atoms with van der Waals surface area (Å²) in [5.41, 5.74) is 3.24. The Morgan fingerprint density at radius 3 is 2.53 bits per heavy atom. The van der Waals surface area contributed by atoms with Crippen molar-refractivity contribution in [1.29, 1.82) is 0 Å². The summed E-state index contributed by atoms with van der Waals surface area (Å²) in [6.07, 6.45) is 7.10. The molecular formula is C24H33ClF2N6O2S. The van der Waals surface area contributed by atoms with Crippen LogP contribution in [0.3, 0.4) is 0 Å². The first kappa shape index (κ1) is 27.0. The smallest absolute Gasteiger partial charge is 0.250 e. The summed E-state index contributed by atoms with van der Waals surface area (Å²) in [5, 5.41) is 9.88. The normalized spacial score (nSPS) is 22.6. The molecule has 2 aromatic rings. The fourth-order valence-electron chi connectivity index (χ4n) is 5.00. The minimum absolute atomic E-state index is 0.0804. The lowest BCUT2D eigenvalue weighted by Gasteiger charge is -2.32. The lowest BCUT2D eigenvalue weighted by atomic mass is 9.91. The van der Waals surface area contributed by atoms with Gasteiger partial charge in [0.1, 0.15) is 5.02 Å². The zero-order chi connectivity index (χ0) is 25.7. The van der Waals surface area contributed by atoms with Gasteiger partial charge in [0.25, 0.3) is 6.43 Å². The molecule has 0 saturated heterocycles. The van der Waals surface area contributed by atoms with Gasteiger partial charge >= 0.3 is 0 Å². The highest BCUT2D eigenvalue weighted by molar-refractivity contribution is 7.88. The van der Waals surface area contributed by atoms with Gasteiger partial charge in [0.05, 0.1) is 19.0 Å². The number of benzene rings is 1. The molecule has 4 N–H and O–H groups in total. The number of aryl methyl sites for hydroxylation is 2. The third-order valence-corrected chi connectivity index (χ3v) is 7.75. The van der Waals surface area contributed by atoms with E-state index in [1.54, 1.807) is 0 Å². The molecule has 0 bridgehead atoms. The summed E-state index contributed by atoms with van der Waals surface area (Å²) < 4.78 is 51.4. The fraction of sp³-hybridized carbons (Fsp3) is 0.583. The van der Waals surface area contributed by atoms with Gasteiger partial charge in [-0.05, 0) is 61.8 Å². The van der Waals surface area contributed by atoms with Crippen molar-refractivity contribution in [1.82, 2.24) is 20.0 Å². The van der Waals surface area contributed by atoms with Gasteiger partial charge < -0.3 is 16.0 Å². The SMILES string of the molecule is CS(=O)(=O)NC1CCCC[C@H]1Nc1nc(Nc2ccc3c(c2)CC[C@H](NCC(F)F)CC3)ncc1Cl. The van der Waals surface area contributed by atoms with Crippen LogP contribution in [0, 0.1) is 0 Å². The van der Waals surface area contributed by atoms with Gasteiger partial charge in [0.2, 0.25) is 16.0 Å². The zero-order valence-corrected chi connectivity index (χ0v) is 21.8. The molecule has 0 spiro atoms. The van der Waals surface area contributed by atoms with Crippen LogP contribution in [0.25, 0.3) is 0 Å². The lowest BCUT2D eigenvalue weighted by Crippen LogP contribution is -2.48. The molecule has 1 heterocycles. The van der Waals surface area contributed by atoms with Crippen LogP contribution >= 0.6 is 11.6 Å². The first-order chi connectivity index (χ1) is 17.2. The number of hydrogen-bond acceptors (Lipinski definition) is 7. The number of hydrogen-bond donors (Lipinski definition) is 4. The summed E-state index contributed by atoms with van der Waals surface area (Å²) in [7, 11) is -3.33. The van der Waals surface area contributed by atoms with Gasteiger partial charge in [-0.2, -0.15) is 4.98 Å². The van der Waals surface area contributed by atoms with Crippen LogP contribution in [0.15, 0.2) is 24.4 Å². The molecule has 8 nitrogen and oxygen atoms in total. The number of halogens is 3. The third-order valence-electron chi connectivity index (χ3n) is 6.75. The first-order valence-corrected chi connectivity index (χ1v) is 14.6. The Balaban J connectivity index is 1.43. The quantitative estimate of drug-likeness (QED) is 0.351. The van der Waals surface area contributed by atoms with E-state index in [9.17, 15) is 17.2 Å². The number of fused-ring (bicyclic) bond motifs is 1. The molecule has 1 fully saturated rings. The van der Waals surface area contributed by atoms with Crippen molar-refractivity contribution in [3.05, 3.63) is 40.5 Å². The second-order valence-corrected chi connectivity index (χ2v) is 11.8. The lowest BCUT2D eigenvalue weighted by molar-refractivity contribution is 0.140. The van der Waals surface area contributed by atoms with E-state index in [-0.39, 0.29) is 24.7 Å². The van der Waals surface area contributed by atoms with Crippen LogP contribution in [0.2, 0.25) is 5.02 Å². The van der Waals surface area contributed by atoms with Crippen LogP contribution in [0.1, 0.15) is 49.7 Å². The molecule has 12 heteroatoms. The Bertz CT molecular complexity index is 1150. The van der Waals surface area contributed by atoms with E-state index < -0.39 is 16.4 Å². The van der Waals surface area contributed by atoms with Crippen molar-refractivity contribution in [2.75, 3.05) is 23.4 Å². The minimum Gasteiger partial charge on any atom is -0.364 e. The molecule has 0 amide bonds. The van der Waals surface area contributed by atoms with Crippen molar-refractivity contribution in [2.45, 2.75) is 75.9 Å². The van der Waals surface area contributed by atoms with Gasteiger partial charge in [-0.15, -0.1) is 0 Å². The second-order valence-electron chi connectivity index (χ2n) is 9.60. The van der Waals surface area contributed by atoms with Crippen molar-refractivity contribution in [2.24, 2.45) is 0 Å². The summed E-state index contributed by atoms with van der Waals surface area (Å²) in [6.45, 7) is -0.274. The van der Waals surface area contributed by atoms with Crippen LogP contribution in [0.5, 0.6) is 0 Å². The van der Waals surface area contributed by atoms with Crippen LogP contribution in [0.4, 0.5) is 26.2 Å². The maximum atomic E-state index is 12.6. The minimum atomic E-state index is -3.33. The average molecular weight is 543 g/mol. The summed E-state index contributed by atoms with van der Waals surface area (Å²) >= 11 is 6.36. The fourth-order valence-corrected chi connectivity index (χ4v) is 5.97. The molecule has 1 aromatic carbocycles. The van der Waals surface area contributed by atoms with Crippen LogP contribution in [-0.4, -0.2) is 55.7 Å². The highest BCUT2D eigenvalue weighted by atomic mass is 35.5. The predicted molar refractivity (Wildman–Crippen MR) is 139 cm³/mol. The Labute approximate surface area is 216 Å². The molecule has 4 rings (SSSR count). The van der Waals surface area contributed by atoms with E-state index in [0.717, 1.165) is 57.1 Å². The first-order valence-electron chi connectivity index (χ1n) is 12.3. The summed E-state index contributed by atoms with van der Waals surface area (Å²) in [6, 6.07) is 5.79. The number of aromatic nitrogens is 2. The van der Waals surface area contributed by atoms with Gasteiger partial charge in [-0.3, -0.25) is 0 Å². The number of alkyl halides is 2. The summed E-state index contributed by atoms with van der Waals surface area (Å²) in [5.74, 6) is 0.819. The number of rotatable bonds is 9. The second kappa shape index (κ2) is 12.0. The van der Waals surface area contributed by atoms with Gasteiger partial charge in [-0.25, -0.2) is 26.9 Å². The molecule has 36 heavy (non-hydrogen) atoms. The predicted octanol–water partition coefficient (Wildman–Crippen LogP) is 4.25. The van der Waals surface area contributed by atoms with Crippen molar-refractivity contribution < 1.29 is 17.2 Å². The maximum absolute atomic E-state index is 12.6. The van der Waals surface area contributed by atoms with E-state index in [1.165, 1.54) is 23.6 Å². The van der Waals surface area contributed by atoms with Gasteiger partial charge in [0, 0.05) is 23.8 Å². The Kier molecular flexibility index (Phi) is 8.97. The van der Waals surface area contributed by atoms with E-state index in [0.29, 0.717) is 16.8 Å². The number of anilines is 3. The maximum Gasteiger partial charge on any atom is 0.250 e. The van der Waals surface area contributed by atoms with Gasteiger partial charge in [0.15, 0.2) is 5.82 Å². The van der Waals surface area contributed by atoms with Crippen molar-refractivity contribution in [3.63, 3.8) is 0 Å². The Morgan fingerprint density at radius 1 is 1.08 bits per heavy atom. The van der Waals surface area contributed by atoms with Crippen molar-refractivity contribution >= 4 is 39.1 Å². The molecule has 1 aromatic heterocycles. The number of sulfonamides is 1. The highest BCUT2D eigenvalue weighted by Crippen LogP contribution is 2.29. The molecule has 3 atom stereocenters. The Morgan fingerprint density at radius 2 is 1.81 bits per heavy atom. The van der Waals surface area contributed by atoms with Gasteiger partial charge in [-0.1, -0.05) is 30.5 Å². The molecule has 0 aliphatic heterocycles. The number of nitrogens with zero attached hydrogens (tertiary/aromatic N) is 2. The third kappa shape index (κ3) is 7.71. The zero-order valence-electron chi connectivity index (χ0n) is 20.2. The highest BCUT2D eigenvalue weighted by Gasteiger charge is 2.28. The average Bonchev–Trinajstić information content (AvgIpc) is 3.02. The molecular weight excluding hydrogens is 510 g/mol. The molecule has 1 saturated carbocycles. The monoisotopic (exact) mass is 542 g/mol. The standard InChI is InChI=1S/C24H33ClF2N6O2S/c1-36(34,35)33-21-5-3-2-4-20(21)31-23-19(25)13-29-24(32-23)30-18-11-7-15-6-9-17(28-14-22(26)27)10-8-16(15)12-18/h7,11-13,17,20-22,28,33H,2-6,8-10,14H2,1H3,(H2,29,30,31,32)/t17-,20-,21?/m1/s1. The van der Waals surface area contributed by atoms with E-state index in [4.69, 9.17) is 11.6 Å². The van der Waals surface area contributed by atoms with Crippen LogP contribution in [-0.2, 0) is 22.9 Å². The molecule has 2 aliphatic carbocycles. The van der Waals surface area contributed by atoms with Crippen LogP contribution < -0.4 is 20.7 Å². The van der Waals surface area contributed by atoms with E-state index >= 15 is 0 Å². The topological polar surface area (TPSA) is 108 Å². The molecule has 1 unspecified atom stereocenters. The Hall–Kier alpha value is -2.08. The number of nitrogens with one attached hydrogen (secondary N) is 4.